The summed E-state index contributed by atoms with van der Waals surface area (Å²) < 4.78 is 5.39. The number of rotatable bonds is 6. The van der Waals surface area contributed by atoms with Gasteiger partial charge in [0.25, 0.3) is 0 Å². The number of carbonyl (C=O) groups is 1. The summed E-state index contributed by atoms with van der Waals surface area (Å²) in [6, 6.07) is 7.95. The van der Waals surface area contributed by atoms with Gasteiger partial charge >= 0.3 is 0 Å². The second kappa shape index (κ2) is 7.51. The van der Waals surface area contributed by atoms with E-state index in [2.05, 4.69) is 43.2 Å². The molecule has 2 rings (SSSR count). The molecule has 0 aliphatic carbocycles. The Labute approximate surface area is 135 Å². The van der Waals surface area contributed by atoms with Crippen molar-refractivity contribution in [2.24, 2.45) is 0 Å². The van der Waals surface area contributed by atoms with E-state index in [1.165, 1.54) is 4.88 Å². The number of nitrogens with one attached hydrogen (secondary N) is 1. The van der Waals surface area contributed by atoms with Gasteiger partial charge < -0.3 is 10.1 Å². The molecule has 1 N–H and O–H groups in total. The Morgan fingerprint density at radius 3 is 2.59 bits per heavy atom. The fourth-order valence-corrected chi connectivity index (χ4v) is 2.86. The molecule has 0 unspecified atom stereocenters. The van der Waals surface area contributed by atoms with Crippen molar-refractivity contribution in [1.82, 2.24) is 10.3 Å². The average molecular weight is 318 g/mol. The fourth-order valence-electron chi connectivity index (χ4n) is 1.85. The van der Waals surface area contributed by atoms with E-state index in [0.717, 1.165) is 10.4 Å². The van der Waals surface area contributed by atoms with E-state index in [-0.39, 0.29) is 17.9 Å². The maximum absolute atomic E-state index is 11.8. The van der Waals surface area contributed by atoms with Crippen LogP contribution in [0, 0.1) is 0 Å². The van der Waals surface area contributed by atoms with Crippen molar-refractivity contribution >= 4 is 17.2 Å². The Morgan fingerprint density at radius 1 is 1.23 bits per heavy atom. The topological polar surface area (TPSA) is 51.2 Å². The highest BCUT2D eigenvalue weighted by molar-refractivity contribution is 7.12. The molecule has 0 fully saturated rings. The molecule has 0 saturated heterocycles. The Kier molecular flexibility index (Phi) is 5.69. The van der Waals surface area contributed by atoms with Gasteiger partial charge in [0.1, 0.15) is 6.61 Å². The number of hydrogen-bond acceptors (Lipinski definition) is 4. The standard InChI is InChI=1S/C17H22N2O2S/c1-17(2,3)15-5-4-14(22-15)10-19-16(20)12-21-11-13-6-8-18-9-7-13/h4-9H,10-12H2,1-3H3,(H,19,20). The van der Waals surface area contributed by atoms with Crippen LogP contribution in [0.3, 0.4) is 0 Å². The lowest BCUT2D eigenvalue weighted by Crippen LogP contribution is -2.26. The van der Waals surface area contributed by atoms with Crippen molar-refractivity contribution in [2.45, 2.75) is 39.3 Å². The smallest absolute Gasteiger partial charge is 0.246 e. The van der Waals surface area contributed by atoms with Gasteiger partial charge in [0, 0.05) is 22.1 Å². The summed E-state index contributed by atoms with van der Waals surface area (Å²) in [5.41, 5.74) is 1.16. The van der Waals surface area contributed by atoms with Gasteiger partial charge in [-0.15, -0.1) is 11.3 Å². The normalized spacial score (nSPS) is 11.4. The monoisotopic (exact) mass is 318 g/mol. The average Bonchev–Trinajstić information content (AvgIpc) is 2.95. The molecule has 5 heteroatoms. The highest BCUT2D eigenvalue weighted by Gasteiger charge is 2.16. The third-order valence-corrected chi connectivity index (χ3v) is 4.62. The molecule has 2 heterocycles. The van der Waals surface area contributed by atoms with Gasteiger partial charge in [-0.2, -0.15) is 0 Å². The predicted octanol–water partition coefficient (Wildman–Crippen LogP) is 3.27. The van der Waals surface area contributed by atoms with Crippen LogP contribution in [0.1, 0.15) is 36.1 Å². The van der Waals surface area contributed by atoms with E-state index in [0.29, 0.717) is 13.2 Å². The fraction of sp³-hybridized carbons (Fsp3) is 0.412. The quantitative estimate of drug-likeness (QED) is 0.889. The molecule has 2 aromatic heterocycles. The molecule has 0 aliphatic heterocycles. The molecule has 2 aromatic rings. The van der Waals surface area contributed by atoms with Crippen LogP contribution in [-0.2, 0) is 28.1 Å². The van der Waals surface area contributed by atoms with E-state index in [9.17, 15) is 4.79 Å². The largest absolute Gasteiger partial charge is 0.367 e. The minimum atomic E-state index is -0.0974. The summed E-state index contributed by atoms with van der Waals surface area (Å²) in [7, 11) is 0. The number of hydrogen-bond donors (Lipinski definition) is 1. The van der Waals surface area contributed by atoms with Crippen molar-refractivity contribution in [2.75, 3.05) is 6.61 Å². The van der Waals surface area contributed by atoms with Crippen molar-refractivity contribution in [3.63, 3.8) is 0 Å². The summed E-state index contributed by atoms with van der Waals surface area (Å²) in [4.78, 5) is 18.2. The van der Waals surface area contributed by atoms with E-state index in [1.807, 2.05) is 12.1 Å². The van der Waals surface area contributed by atoms with Crippen molar-refractivity contribution in [3.05, 3.63) is 52.0 Å². The van der Waals surface area contributed by atoms with Crippen molar-refractivity contribution in [3.8, 4) is 0 Å². The second-order valence-electron chi connectivity index (χ2n) is 6.14. The van der Waals surface area contributed by atoms with Crippen molar-refractivity contribution < 1.29 is 9.53 Å². The second-order valence-corrected chi connectivity index (χ2v) is 7.31. The number of pyridine rings is 1. The zero-order valence-corrected chi connectivity index (χ0v) is 14.1. The van der Waals surface area contributed by atoms with Crippen LogP contribution in [0.15, 0.2) is 36.7 Å². The third-order valence-electron chi connectivity index (χ3n) is 3.11. The molecule has 118 valence electrons. The first-order chi connectivity index (χ1) is 10.4. The van der Waals surface area contributed by atoms with E-state index < -0.39 is 0 Å². The van der Waals surface area contributed by atoms with Crippen LogP contribution < -0.4 is 5.32 Å². The van der Waals surface area contributed by atoms with E-state index in [4.69, 9.17) is 4.74 Å². The maximum atomic E-state index is 11.8. The van der Waals surface area contributed by atoms with Gasteiger partial charge in [-0.1, -0.05) is 20.8 Å². The molecule has 0 bridgehead atoms. The predicted molar refractivity (Wildman–Crippen MR) is 88.8 cm³/mol. The molecule has 4 nitrogen and oxygen atoms in total. The Morgan fingerprint density at radius 2 is 1.95 bits per heavy atom. The summed E-state index contributed by atoms with van der Waals surface area (Å²) >= 11 is 1.74. The molecular formula is C17H22N2O2S. The molecule has 1 amide bonds. The Balaban J connectivity index is 1.70. The molecule has 0 aliphatic rings. The van der Waals surface area contributed by atoms with Gasteiger partial charge in [0.05, 0.1) is 13.2 Å². The van der Waals surface area contributed by atoms with Crippen LogP contribution >= 0.6 is 11.3 Å². The summed E-state index contributed by atoms with van der Waals surface area (Å²) in [5.74, 6) is -0.0974. The van der Waals surface area contributed by atoms with Gasteiger partial charge in [-0.05, 0) is 35.2 Å². The highest BCUT2D eigenvalue weighted by Crippen LogP contribution is 2.29. The van der Waals surface area contributed by atoms with Gasteiger partial charge in [0.15, 0.2) is 0 Å². The number of aromatic nitrogens is 1. The minimum Gasteiger partial charge on any atom is -0.367 e. The molecular weight excluding hydrogens is 296 g/mol. The number of thiophene rings is 1. The zero-order chi connectivity index (χ0) is 16.0. The molecule has 0 saturated carbocycles. The number of amides is 1. The highest BCUT2D eigenvalue weighted by atomic mass is 32.1. The summed E-state index contributed by atoms with van der Waals surface area (Å²) in [6.07, 6.45) is 3.42. The first kappa shape index (κ1) is 16.6. The lowest BCUT2D eigenvalue weighted by atomic mass is 9.95. The van der Waals surface area contributed by atoms with Crippen LogP contribution in [0.2, 0.25) is 0 Å². The van der Waals surface area contributed by atoms with Crippen molar-refractivity contribution in [1.29, 1.82) is 0 Å². The lowest BCUT2D eigenvalue weighted by Gasteiger charge is -2.15. The SMILES string of the molecule is CC(C)(C)c1ccc(CNC(=O)COCc2ccncc2)s1. The Hall–Kier alpha value is -1.72. The molecule has 0 spiro atoms. The maximum Gasteiger partial charge on any atom is 0.246 e. The Bertz CT molecular complexity index is 603. The van der Waals surface area contributed by atoms with E-state index >= 15 is 0 Å². The number of ether oxygens (including phenoxy) is 1. The first-order valence-corrected chi connectivity index (χ1v) is 8.09. The third kappa shape index (κ3) is 5.24. The van der Waals surface area contributed by atoms with Gasteiger partial charge in [-0.3, -0.25) is 9.78 Å². The molecule has 0 atom stereocenters. The molecule has 0 radical (unpaired) electrons. The number of nitrogens with zero attached hydrogens (tertiary/aromatic N) is 1. The minimum absolute atomic E-state index is 0.0693. The first-order valence-electron chi connectivity index (χ1n) is 7.28. The summed E-state index contributed by atoms with van der Waals surface area (Å²) in [6.45, 7) is 7.61. The molecule has 22 heavy (non-hydrogen) atoms. The summed E-state index contributed by atoms with van der Waals surface area (Å²) in [5, 5.41) is 2.88. The lowest BCUT2D eigenvalue weighted by molar-refractivity contribution is -0.126. The molecule has 0 aromatic carbocycles. The van der Waals surface area contributed by atoms with Crippen LogP contribution in [0.5, 0.6) is 0 Å². The van der Waals surface area contributed by atoms with Crippen LogP contribution in [0.4, 0.5) is 0 Å². The van der Waals surface area contributed by atoms with Gasteiger partial charge in [-0.25, -0.2) is 0 Å². The zero-order valence-electron chi connectivity index (χ0n) is 13.3. The van der Waals surface area contributed by atoms with Crippen LogP contribution in [-0.4, -0.2) is 17.5 Å². The van der Waals surface area contributed by atoms with Crippen LogP contribution in [0.25, 0.3) is 0 Å². The number of carbonyl (C=O) groups excluding carboxylic acids is 1. The van der Waals surface area contributed by atoms with E-state index in [1.54, 1.807) is 23.7 Å². The van der Waals surface area contributed by atoms with Gasteiger partial charge in [0.2, 0.25) is 5.91 Å².